The first-order chi connectivity index (χ1) is 15.9. The van der Waals surface area contributed by atoms with E-state index in [4.69, 9.17) is 9.47 Å². The van der Waals surface area contributed by atoms with Gasteiger partial charge in [-0.3, -0.25) is 4.90 Å². The summed E-state index contributed by atoms with van der Waals surface area (Å²) in [4.78, 5) is 4.64. The maximum atomic E-state index is 12.9. The van der Waals surface area contributed by atoms with Gasteiger partial charge in [-0.25, -0.2) is 0 Å². The fourth-order valence-electron chi connectivity index (χ4n) is 4.06. The summed E-state index contributed by atoms with van der Waals surface area (Å²) in [5.74, 6) is 1.28. The molecule has 4 nitrogen and oxygen atoms in total. The number of para-hydroxylation sites is 2. The van der Waals surface area contributed by atoms with E-state index in [2.05, 4.69) is 15.9 Å². The van der Waals surface area contributed by atoms with Crippen molar-refractivity contribution in [2.75, 3.05) is 44.7 Å². The Hall–Kier alpha value is -2.90. The zero-order valence-electron chi connectivity index (χ0n) is 18.9. The Morgan fingerprint density at radius 1 is 0.824 bits per heavy atom. The van der Waals surface area contributed by atoms with Gasteiger partial charge in [0.1, 0.15) is 17.6 Å². The third-order valence-corrected chi connectivity index (χ3v) is 5.85. The number of nitrogens with zero attached hydrogens (tertiary/aromatic N) is 2. The third kappa shape index (κ3) is 6.36. The van der Waals surface area contributed by atoms with Gasteiger partial charge in [0, 0.05) is 32.7 Å². The van der Waals surface area contributed by atoms with Crippen LogP contribution in [0.4, 0.5) is 18.9 Å². The lowest BCUT2D eigenvalue weighted by Gasteiger charge is -2.38. The van der Waals surface area contributed by atoms with Crippen LogP contribution in [0.1, 0.15) is 17.2 Å². The summed E-state index contributed by atoms with van der Waals surface area (Å²) in [7, 11) is 1.68. The van der Waals surface area contributed by atoms with Crippen LogP contribution in [-0.2, 0) is 6.18 Å². The molecule has 1 unspecified atom stereocenters. The highest BCUT2D eigenvalue weighted by Gasteiger charge is 2.30. The Kier molecular flexibility index (Phi) is 8.69. The number of benzene rings is 3. The van der Waals surface area contributed by atoms with E-state index in [1.807, 2.05) is 48.5 Å². The minimum absolute atomic E-state index is 0. The molecule has 0 spiro atoms. The van der Waals surface area contributed by atoms with E-state index < -0.39 is 11.7 Å². The molecular formula is C26H28ClF3N2O2. The van der Waals surface area contributed by atoms with Crippen LogP contribution in [0.25, 0.3) is 0 Å². The van der Waals surface area contributed by atoms with Crippen LogP contribution in [0.15, 0.2) is 78.9 Å². The van der Waals surface area contributed by atoms with E-state index in [0.29, 0.717) is 12.3 Å². The van der Waals surface area contributed by atoms with Crippen molar-refractivity contribution in [2.24, 2.45) is 0 Å². The molecule has 0 N–H and O–H groups in total. The summed E-state index contributed by atoms with van der Waals surface area (Å²) < 4.78 is 50.4. The van der Waals surface area contributed by atoms with E-state index in [-0.39, 0.29) is 18.5 Å². The molecule has 0 saturated carbocycles. The normalized spacial score (nSPS) is 15.4. The highest BCUT2D eigenvalue weighted by atomic mass is 35.5. The lowest BCUT2D eigenvalue weighted by Crippen LogP contribution is -2.48. The molecule has 1 saturated heterocycles. The number of piperazine rings is 1. The van der Waals surface area contributed by atoms with Crippen LogP contribution in [-0.4, -0.2) is 44.7 Å². The molecule has 0 radical (unpaired) electrons. The number of alkyl halides is 3. The maximum absolute atomic E-state index is 12.9. The third-order valence-electron chi connectivity index (χ3n) is 5.85. The molecule has 0 amide bonds. The molecule has 1 aliphatic heterocycles. The molecule has 34 heavy (non-hydrogen) atoms. The van der Waals surface area contributed by atoms with Crippen LogP contribution in [0, 0.1) is 0 Å². The van der Waals surface area contributed by atoms with Crippen LogP contribution in [0.5, 0.6) is 11.5 Å². The van der Waals surface area contributed by atoms with Gasteiger partial charge in [-0.2, -0.15) is 13.2 Å². The molecule has 1 heterocycles. The zero-order valence-corrected chi connectivity index (χ0v) is 19.7. The number of anilines is 1. The largest absolute Gasteiger partial charge is 0.495 e. The molecular weight excluding hydrogens is 465 g/mol. The fourth-order valence-corrected chi connectivity index (χ4v) is 4.06. The predicted molar refractivity (Wildman–Crippen MR) is 130 cm³/mol. The van der Waals surface area contributed by atoms with Crippen LogP contribution in [0.3, 0.4) is 0 Å². The van der Waals surface area contributed by atoms with Crippen molar-refractivity contribution in [3.05, 3.63) is 90.0 Å². The van der Waals surface area contributed by atoms with E-state index in [0.717, 1.165) is 55.3 Å². The van der Waals surface area contributed by atoms with Crippen molar-refractivity contribution in [1.29, 1.82) is 0 Å². The van der Waals surface area contributed by atoms with Gasteiger partial charge in [0.05, 0.1) is 18.4 Å². The second-order valence-electron chi connectivity index (χ2n) is 8.00. The Bertz CT molecular complexity index is 1020. The average Bonchev–Trinajstić information content (AvgIpc) is 2.84. The van der Waals surface area contributed by atoms with Gasteiger partial charge in [0.15, 0.2) is 0 Å². The lowest BCUT2D eigenvalue weighted by molar-refractivity contribution is -0.137. The number of halogens is 4. The van der Waals surface area contributed by atoms with Gasteiger partial charge in [0.25, 0.3) is 0 Å². The van der Waals surface area contributed by atoms with Gasteiger partial charge < -0.3 is 14.4 Å². The van der Waals surface area contributed by atoms with Crippen LogP contribution in [0.2, 0.25) is 0 Å². The Balaban J connectivity index is 0.00000324. The predicted octanol–water partition coefficient (Wildman–Crippen LogP) is 6.08. The van der Waals surface area contributed by atoms with Crippen LogP contribution >= 0.6 is 12.4 Å². The molecule has 0 aliphatic carbocycles. The average molecular weight is 493 g/mol. The second-order valence-corrected chi connectivity index (χ2v) is 8.00. The topological polar surface area (TPSA) is 24.9 Å². The fraction of sp³-hybridized carbons (Fsp3) is 0.308. The second kappa shape index (κ2) is 11.5. The quantitative estimate of drug-likeness (QED) is 0.399. The van der Waals surface area contributed by atoms with E-state index in [9.17, 15) is 13.2 Å². The van der Waals surface area contributed by atoms with E-state index in [1.54, 1.807) is 7.11 Å². The summed E-state index contributed by atoms with van der Waals surface area (Å²) in [6, 6.07) is 22.7. The Morgan fingerprint density at radius 2 is 1.44 bits per heavy atom. The van der Waals surface area contributed by atoms with Crippen molar-refractivity contribution < 1.29 is 22.6 Å². The highest BCUT2D eigenvalue weighted by Crippen LogP contribution is 2.32. The number of ether oxygens (including phenoxy) is 2. The zero-order chi connectivity index (χ0) is 23.3. The van der Waals surface area contributed by atoms with Crippen molar-refractivity contribution in [2.45, 2.75) is 12.3 Å². The van der Waals surface area contributed by atoms with Gasteiger partial charge in [-0.15, -0.1) is 12.4 Å². The van der Waals surface area contributed by atoms with Crippen molar-refractivity contribution >= 4 is 18.1 Å². The number of methoxy groups -OCH3 is 1. The lowest BCUT2D eigenvalue weighted by atomic mass is 10.1. The Morgan fingerprint density at radius 3 is 2.06 bits per heavy atom. The molecule has 0 aromatic heterocycles. The monoisotopic (exact) mass is 492 g/mol. The molecule has 3 aromatic carbocycles. The first-order valence-corrected chi connectivity index (χ1v) is 10.9. The standard InChI is InChI=1S/C26H27F3N2O2.ClH/c1-32-24-10-6-5-9-23(24)31-17-15-30(16-18-31)19-25(20-7-3-2-4-8-20)33-22-13-11-21(12-14-22)26(27,28)29;/h2-14,25H,15-19H2,1H3;1H. The molecule has 1 aliphatic rings. The number of hydrogen-bond acceptors (Lipinski definition) is 4. The molecule has 3 aromatic rings. The molecule has 1 atom stereocenters. The molecule has 8 heteroatoms. The van der Waals surface area contributed by atoms with Gasteiger partial charge in [-0.1, -0.05) is 42.5 Å². The SMILES string of the molecule is COc1ccccc1N1CCN(CC(Oc2ccc(C(F)(F)F)cc2)c2ccccc2)CC1.Cl. The van der Waals surface area contributed by atoms with E-state index in [1.165, 1.54) is 12.1 Å². The first kappa shape index (κ1) is 25.7. The van der Waals surface area contributed by atoms with E-state index >= 15 is 0 Å². The first-order valence-electron chi connectivity index (χ1n) is 10.9. The molecule has 0 bridgehead atoms. The number of rotatable bonds is 7. The summed E-state index contributed by atoms with van der Waals surface area (Å²) in [5, 5.41) is 0. The van der Waals surface area contributed by atoms with Gasteiger partial charge in [0.2, 0.25) is 0 Å². The maximum Gasteiger partial charge on any atom is 0.416 e. The molecule has 182 valence electrons. The summed E-state index contributed by atoms with van der Waals surface area (Å²) in [5.41, 5.74) is 1.39. The van der Waals surface area contributed by atoms with Crippen molar-refractivity contribution in [3.63, 3.8) is 0 Å². The number of hydrogen-bond donors (Lipinski definition) is 0. The smallest absolute Gasteiger partial charge is 0.416 e. The minimum Gasteiger partial charge on any atom is -0.495 e. The van der Waals surface area contributed by atoms with Crippen molar-refractivity contribution in [3.8, 4) is 11.5 Å². The van der Waals surface area contributed by atoms with Gasteiger partial charge in [-0.05, 0) is 42.0 Å². The summed E-state index contributed by atoms with van der Waals surface area (Å²) >= 11 is 0. The highest BCUT2D eigenvalue weighted by molar-refractivity contribution is 5.85. The van der Waals surface area contributed by atoms with Crippen molar-refractivity contribution in [1.82, 2.24) is 4.90 Å². The Labute approximate surface area is 204 Å². The molecule has 1 fully saturated rings. The minimum atomic E-state index is -4.36. The molecule has 4 rings (SSSR count). The van der Waals surface area contributed by atoms with Gasteiger partial charge >= 0.3 is 6.18 Å². The van der Waals surface area contributed by atoms with Crippen LogP contribution < -0.4 is 14.4 Å². The summed E-state index contributed by atoms with van der Waals surface area (Å²) in [6.45, 7) is 4.03. The summed E-state index contributed by atoms with van der Waals surface area (Å²) in [6.07, 6.45) is -4.65.